The van der Waals surface area contributed by atoms with Gasteiger partial charge in [-0.1, -0.05) is 42.5 Å². The Morgan fingerprint density at radius 1 is 1.03 bits per heavy atom. The summed E-state index contributed by atoms with van der Waals surface area (Å²) in [6.07, 6.45) is 0.180. The van der Waals surface area contributed by atoms with Crippen molar-refractivity contribution in [2.45, 2.75) is 39.0 Å². The molecule has 0 bridgehead atoms. The molecule has 2 aliphatic heterocycles. The number of imide groups is 1. The standard InChI is InChI=1S/C27H27N3O5/c1-17-12-21(18(2)29(17)14-20-16-34-24-10-6-7-11-25(24)35-20)23(31)15-30-26(32)22(28-27(30)33)13-19-8-4-3-5-9-19/h3-12,20,22H,13-16H2,1-2H3,(H,28,33)/t20-,22-/m1/s1. The van der Waals surface area contributed by atoms with Crippen LogP contribution in [0.1, 0.15) is 27.3 Å². The maximum atomic E-state index is 13.2. The largest absolute Gasteiger partial charge is 0.486 e. The molecule has 1 fully saturated rings. The number of urea groups is 1. The van der Waals surface area contributed by atoms with E-state index in [1.165, 1.54) is 0 Å². The Kier molecular flexibility index (Phi) is 6.03. The zero-order chi connectivity index (χ0) is 24.5. The van der Waals surface area contributed by atoms with Crippen molar-refractivity contribution in [3.63, 3.8) is 0 Å². The normalized spacial score (nSPS) is 19.1. The number of ketones is 1. The fourth-order valence-corrected chi connectivity index (χ4v) is 4.66. The fraction of sp³-hybridized carbons (Fsp3) is 0.296. The Labute approximate surface area is 203 Å². The minimum Gasteiger partial charge on any atom is -0.486 e. The number of amides is 3. The number of hydrogen-bond acceptors (Lipinski definition) is 5. The van der Waals surface area contributed by atoms with E-state index in [9.17, 15) is 14.4 Å². The van der Waals surface area contributed by atoms with Crippen LogP contribution in [0.5, 0.6) is 11.5 Å². The van der Waals surface area contributed by atoms with E-state index in [0.29, 0.717) is 30.9 Å². The molecular formula is C27H27N3O5. The highest BCUT2D eigenvalue weighted by Crippen LogP contribution is 2.31. The van der Waals surface area contributed by atoms with Crippen LogP contribution < -0.4 is 14.8 Å². The van der Waals surface area contributed by atoms with E-state index in [2.05, 4.69) is 5.32 Å². The monoisotopic (exact) mass is 473 g/mol. The Balaban J connectivity index is 1.26. The van der Waals surface area contributed by atoms with Gasteiger partial charge >= 0.3 is 6.03 Å². The Morgan fingerprint density at radius 2 is 1.74 bits per heavy atom. The van der Waals surface area contributed by atoms with Gasteiger partial charge < -0.3 is 19.4 Å². The lowest BCUT2D eigenvalue weighted by Gasteiger charge is -2.27. The molecule has 1 saturated heterocycles. The molecule has 2 aromatic carbocycles. The highest BCUT2D eigenvalue weighted by atomic mass is 16.6. The van der Waals surface area contributed by atoms with E-state index < -0.39 is 12.1 Å². The van der Waals surface area contributed by atoms with Gasteiger partial charge in [0, 0.05) is 23.4 Å². The van der Waals surface area contributed by atoms with Crippen molar-refractivity contribution in [1.29, 1.82) is 0 Å². The van der Waals surface area contributed by atoms with Crippen molar-refractivity contribution in [2.75, 3.05) is 13.2 Å². The Hall–Kier alpha value is -4.07. The zero-order valence-corrected chi connectivity index (χ0v) is 19.7. The van der Waals surface area contributed by atoms with Crippen molar-refractivity contribution in [2.24, 2.45) is 0 Å². The Morgan fingerprint density at radius 3 is 2.51 bits per heavy atom. The second kappa shape index (κ2) is 9.29. The summed E-state index contributed by atoms with van der Waals surface area (Å²) in [6.45, 7) is 4.41. The molecule has 3 aromatic rings. The van der Waals surface area contributed by atoms with Crippen LogP contribution in [0.25, 0.3) is 0 Å². The first-order valence-electron chi connectivity index (χ1n) is 11.6. The van der Waals surface area contributed by atoms with Crippen LogP contribution in [0.15, 0.2) is 60.7 Å². The number of fused-ring (bicyclic) bond motifs is 1. The van der Waals surface area contributed by atoms with Crippen molar-refractivity contribution < 1.29 is 23.9 Å². The van der Waals surface area contributed by atoms with Crippen LogP contribution in [-0.2, 0) is 17.8 Å². The van der Waals surface area contributed by atoms with Gasteiger partial charge in [0.1, 0.15) is 12.6 Å². The van der Waals surface area contributed by atoms with Crippen LogP contribution in [0.4, 0.5) is 4.79 Å². The molecule has 0 aliphatic carbocycles. The first-order valence-corrected chi connectivity index (χ1v) is 11.6. The van der Waals surface area contributed by atoms with Gasteiger partial charge in [-0.3, -0.25) is 14.5 Å². The number of nitrogens with zero attached hydrogens (tertiary/aromatic N) is 2. The quantitative estimate of drug-likeness (QED) is 0.420. The molecule has 2 aliphatic rings. The second-order valence-corrected chi connectivity index (χ2v) is 8.93. The Bertz CT molecular complexity index is 1280. The molecule has 180 valence electrons. The maximum Gasteiger partial charge on any atom is 0.325 e. The zero-order valence-electron chi connectivity index (χ0n) is 19.7. The maximum absolute atomic E-state index is 13.2. The van der Waals surface area contributed by atoms with E-state index in [0.717, 1.165) is 27.6 Å². The molecule has 0 radical (unpaired) electrons. The predicted octanol–water partition coefficient (Wildman–Crippen LogP) is 3.29. The van der Waals surface area contributed by atoms with Crippen LogP contribution in [0.2, 0.25) is 0 Å². The first-order chi connectivity index (χ1) is 16.9. The van der Waals surface area contributed by atoms with Crippen molar-refractivity contribution >= 4 is 17.7 Å². The van der Waals surface area contributed by atoms with E-state index in [1.807, 2.05) is 73.0 Å². The lowest BCUT2D eigenvalue weighted by Crippen LogP contribution is -2.36. The van der Waals surface area contributed by atoms with Gasteiger partial charge in [0.25, 0.3) is 5.91 Å². The third kappa shape index (κ3) is 4.51. The fourth-order valence-electron chi connectivity index (χ4n) is 4.66. The molecule has 0 unspecified atom stereocenters. The SMILES string of the molecule is Cc1cc(C(=O)CN2C(=O)N[C@H](Cc3ccccc3)C2=O)c(C)n1C[C@@H]1COc2ccccc2O1. The molecule has 8 nitrogen and oxygen atoms in total. The molecule has 5 rings (SSSR count). The number of carbonyl (C=O) groups excluding carboxylic acids is 3. The second-order valence-electron chi connectivity index (χ2n) is 8.93. The van der Waals surface area contributed by atoms with Crippen LogP contribution in [0, 0.1) is 13.8 Å². The summed E-state index contributed by atoms with van der Waals surface area (Å²) in [4.78, 5) is 39.5. The minimum absolute atomic E-state index is 0.206. The molecule has 1 aromatic heterocycles. The van der Waals surface area contributed by atoms with Crippen LogP contribution in [0.3, 0.4) is 0 Å². The summed E-state index contributed by atoms with van der Waals surface area (Å²) in [7, 11) is 0. The molecule has 3 heterocycles. The van der Waals surface area contributed by atoms with Crippen molar-refractivity contribution in [3.05, 3.63) is 83.2 Å². The molecule has 0 saturated carbocycles. The predicted molar refractivity (Wildman–Crippen MR) is 129 cm³/mol. The highest BCUT2D eigenvalue weighted by Gasteiger charge is 2.39. The average molecular weight is 474 g/mol. The van der Waals surface area contributed by atoms with Gasteiger partial charge in [0.05, 0.1) is 13.1 Å². The van der Waals surface area contributed by atoms with Gasteiger partial charge in [-0.25, -0.2) is 4.79 Å². The molecule has 3 amide bonds. The van der Waals surface area contributed by atoms with E-state index in [-0.39, 0.29) is 24.3 Å². The van der Waals surface area contributed by atoms with Gasteiger partial charge in [-0.2, -0.15) is 0 Å². The average Bonchev–Trinajstić information content (AvgIpc) is 3.29. The van der Waals surface area contributed by atoms with Crippen LogP contribution >= 0.6 is 0 Å². The van der Waals surface area contributed by atoms with Crippen molar-refractivity contribution in [3.8, 4) is 11.5 Å². The molecule has 35 heavy (non-hydrogen) atoms. The number of nitrogens with one attached hydrogen (secondary N) is 1. The van der Waals surface area contributed by atoms with Gasteiger partial charge in [0.2, 0.25) is 0 Å². The molecule has 1 N–H and O–H groups in total. The van der Waals surface area contributed by atoms with Gasteiger partial charge in [0.15, 0.2) is 23.4 Å². The summed E-state index contributed by atoms with van der Waals surface area (Å²) in [5.74, 6) is 0.762. The highest BCUT2D eigenvalue weighted by molar-refractivity contribution is 6.09. The topological polar surface area (TPSA) is 89.9 Å². The first kappa shape index (κ1) is 22.7. The van der Waals surface area contributed by atoms with E-state index in [4.69, 9.17) is 9.47 Å². The summed E-state index contributed by atoms with van der Waals surface area (Å²) in [6, 6.07) is 17.6. The van der Waals surface area contributed by atoms with E-state index >= 15 is 0 Å². The van der Waals surface area contributed by atoms with Crippen molar-refractivity contribution in [1.82, 2.24) is 14.8 Å². The number of aryl methyl sites for hydroxylation is 1. The molecule has 8 heteroatoms. The molecular weight excluding hydrogens is 446 g/mol. The van der Waals surface area contributed by atoms with E-state index in [1.54, 1.807) is 6.07 Å². The lowest BCUT2D eigenvalue weighted by molar-refractivity contribution is -0.127. The smallest absolute Gasteiger partial charge is 0.325 e. The summed E-state index contributed by atoms with van der Waals surface area (Å²) >= 11 is 0. The lowest BCUT2D eigenvalue weighted by atomic mass is 10.1. The number of para-hydroxylation sites is 2. The van der Waals surface area contributed by atoms with Gasteiger partial charge in [-0.05, 0) is 37.6 Å². The number of ether oxygens (including phenoxy) is 2. The number of benzene rings is 2. The number of rotatable bonds is 7. The molecule has 2 atom stereocenters. The summed E-state index contributed by atoms with van der Waals surface area (Å²) < 4.78 is 13.9. The number of Topliss-reactive ketones (excluding diaryl/α,β-unsaturated/α-hetero) is 1. The summed E-state index contributed by atoms with van der Waals surface area (Å²) in [5.41, 5.74) is 3.10. The minimum atomic E-state index is -0.670. The number of aromatic nitrogens is 1. The third-order valence-electron chi connectivity index (χ3n) is 6.52. The number of hydrogen-bond donors (Lipinski definition) is 1. The number of carbonyl (C=O) groups is 3. The van der Waals surface area contributed by atoms with Gasteiger partial charge in [-0.15, -0.1) is 0 Å². The molecule has 0 spiro atoms. The third-order valence-corrected chi connectivity index (χ3v) is 6.52. The van der Waals surface area contributed by atoms with Crippen LogP contribution in [-0.4, -0.2) is 52.5 Å². The summed E-state index contributed by atoms with van der Waals surface area (Å²) in [5, 5.41) is 2.70.